The van der Waals surface area contributed by atoms with E-state index in [0.717, 1.165) is 16.8 Å². The molecule has 0 aromatic heterocycles. The van der Waals surface area contributed by atoms with Crippen LogP contribution in [0.1, 0.15) is 31.9 Å². The van der Waals surface area contributed by atoms with E-state index < -0.39 is 9.84 Å². The molecule has 0 saturated carbocycles. The van der Waals surface area contributed by atoms with Crippen LogP contribution in [-0.2, 0) is 9.84 Å². The number of fused-ring (bicyclic) bond motifs is 1. The third-order valence-corrected chi connectivity index (χ3v) is 5.47. The second-order valence-electron chi connectivity index (χ2n) is 6.28. The first-order chi connectivity index (χ1) is 8.11. The highest BCUT2D eigenvalue weighted by molar-refractivity contribution is 7.91. The lowest BCUT2D eigenvalue weighted by Crippen LogP contribution is -2.43. The number of aryl methyl sites for hydroxylation is 2. The van der Waals surface area contributed by atoms with Crippen LogP contribution in [0.5, 0.6) is 0 Å². The van der Waals surface area contributed by atoms with Crippen LogP contribution in [0.15, 0.2) is 17.0 Å². The number of sulfone groups is 1. The van der Waals surface area contributed by atoms with Crippen LogP contribution in [0.2, 0.25) is 0 Å². The van der Waals surface area contributed by atoms with E-state index in [1.165, 1.54) is 0 Å². The first-order valence-corrected chi connectivity index (χ1v) is 7.87. The lowest BCUT2D eigenvalue weighted by Gasteiger charge is -2.36. The molecule has 1 unspecified atom stereocenters. The van der Waals surface area contributed by atoms with Crippen LogP contribution >= 0.6 is 0 Å². The van der Waals surface area contributed by atoms with E-state index in [1.807, 2.05) is 19.9 Å². The maximum absolute atomic E-state index is 12.4. The summed E-state index contributed by atoms with van der Waals surface area (Å²) >= 11 is 0. The average Bonchev–Trinajstić information content (AvgIpc) is 2.19. The molecule has 2 rings (SSSR count). The Labute approximate surface area is 110 Å². The predicted octanol–water partition coefficient (Wildman–Crippen LogP) is 2.92. The molecular formula is C14H21NO2S. The molecule has 1 aliphatic heterocycles. The Hall–Kier alpha value is -1.03. The van der Waals surface area contributed by atoms with E-state index in [0.29, 0.717) is 4.90 Å². The zero-order chi connectivity index (χ0) is 13.7. The lowest BCUT2D eigenvalue weighted by atomic mass is 9.87. The zero-order valence-corrected chi connectivity index (χ0v) is 12.5. The third kappa shape index (κ3) is 2.26. The molecule has 0 saturated heterocycles. The molecular weight excluding hydrogens is 246 g/mol. The van der Waals surface area contributed by atoms with Crippen LogP contribution < -0.4 is 5.32 Å². The van der Waals surface area contributed by atoms with Crippen molar-refractivity contribution in [2.24, 2.45) is 5.41 Å². The summed E-state index contributed by atoms with van der Waals surface area (Å²) in [6.07, 6.45) is 0. The van der Waals surface area contributed by atoms with Gasteiger partial charge in [0.2, 0.25) is 0 Å². The predicted molar refractivity (Wildman–Crippen MR) is 74.8 cm³/mol. The van der Waals surface area contributed by atoms with Gasteiger partial charge in [-0.25, -0.2) is 8.42 Å². The van der Waals surface area contributed by atoms with Gasteiger partial charge in [-0.05, 0) is 42.5 Å². The van der Waals surface area contributed by atoms with Gasteiger partial charge in [-0.2, -0.15) is 0 Å². The summed E-state index contributed by atoms with van der Waals surface area (Å²) in [6, 6.07) is 3.68. The van der Waals surface area contributed by atoms with Gasteiger partial charge >= 0.3 is 0 Å². The molecule has 100 valence electrons. The molecule has 1 N–H and O–H groups in total. The summed E-state index contributed by atoms with van der Waals surface area (Å²) in [5.41, 5.74) is 2.81. The molecule has 1 aliphatic rings. The summed E-state index contributed by atoms with van der Waals surface area (Å²) in [5.74, 6) is 0.173. The molecule has 18 heavy (non-hydrogen) atoms. The smallest absolute Gasteiger partial charge is 0.182 e. The van der Waals surface area contributed by atoms with E-state index in [9.17, 15) is 8.42 Å². The highest BCUT2D eigenvalue weighted by Crippen LogP contribution is 2.35. The van der Waals surface area contributed by atoms with Gasteiger partial charge in [-0.15, -0.1) is 0 Å². The lowest BCUT2D eigenvalue weighted by molar-refractivity contribution is 0.356. The highest BCUT2D eigenvalue weighted by Gasteiger charge is 2.36. The van der Waals surface area contributed by atoms with E-state index in [2.05, 4.69) is 26.1 Å². The maximum Gasteiger partial charge on any atom is 0.182 e. The van der Waals surface area contributed by atoms with Gasteiger partial charge in [-0.3, -0.25) is 0 Å². The quantitative estimate of drug-likeness (QED) is 0.786. The van der Waals surface area contributed by atoms with Crippen LogP contribution in [0.4, 0.5) is 5.69 Å². The van der Waals surface area contributed by atoms with Gasteiger partial charge < -0.3 is 5.32 Å². The average molecular weight is 267 g/mol. The van der Waals surface area contributed by atoms with Crippen LogP contribution in [0.25, 0.3) is 0 Å². The van der Waals surface area contributed by atoms with E-state index >= 15 is 0 Å². The minimum atomic E-state index is -3.18. The summed E-state index contributed by atoms with van der Waals surface area (Å²) in [6.45, 7) is 10.1. The minimum absolute atomic E-state index is 0.0443. The van der Waals surface area contributed by atoms with Crippen molar-refractivity contribution in [1.82, 2.24) is 0 Å². The second-order valence-corrected chi connectivity index (χ2v) is 8.28. The summed E-state index contributed by atoms with van der Waals surface area (Å²) < 4.78 is 24.7. The molecule has 0 bridgehead atoms. The van der Waals surface area contributed by atoms with Crippen molar-refractivity contribution in [3.8, 4) is 0 Å². The molecule has 1 aromatic rings. The third-order valence-electron chi connectivity index (χ3n) is 3.69. The molecule has 1 atom stereocenters. The fourth-order valence-electron chi connectivity index (χ4n) is 2.16. The topological polar surface area (TPSA) is 46.2 Å². The van der Waals surface area contributed by atoms with E-state index in [4.69, 9.17) is 0 Å². The Morgan fingerprint density at radius 3 is 2.28 bits per heavy atom. The number of hydrogen-bond acceptors (Lipinski definition) is 3. The summed E-state index contributed by atoms with van der Waals surface area (Å²) in [7, 11) is -3.18. The van der Waals surface area contributed by atoms with Crippen LogP contribution in [-0.4, -0.2) is 20.2 Å². The van der Waals surface area contributed by atoms with Crippen molar-refractivity contribution in [2.45, 2.75) is 45.6 Å². The molecule has 0 amide bonds. The van der Waals surface area contributed by atoms with Gasteiger partial charge in [0.15, 0.2) is 9.84 Å². The number of nitrogens with one attached hydrogen (secondary N) is 1. The number of hydrogen-bond donors (Lipinski definition) is 1. The van der Waals surface area contributed by atoms with Crippen LogP contribution in [0.3, 0.4) is 0 Å². The Morgan fingerprint density at radius 2 is 1.72 bits per heavy atom. The molecule has 0 spiro atoms. The Balaban J connectivity index is 2.57. The molecule has 1 heterocycles. The summed E-state index contributed by atoms with van der Waals surface area (Å²) in [4.78, 5) is 0.450. The molecule has 0 radical (unpaired) electrons. The molecule has 0 aliphatic carbocycles. The SMILES string of the molecule is Cc1cc2c(cc1C)S(=O)(=O)CC(C(C)(C)C)N2. The monoisotopic (exact) mass is 267 g/mol. The van der Waals surface area contributed by atoms with E-state index in [1.54, 1.807) is 6.07 Å². The van der Waals surface area contributed by atoms with Gasteiger partial charge in [-0.1, -0.05) is 20.8 Å². The Bertz CT molecular complexity index is 583. The fourth-order valence-corrected chi connectivity index (χ4v) is 4.18. The standard InChI is InChI=1S/C14H21NO2S/c1-9-6-11-12(7-10(9)2)18(16,17)8-13(15-11)14(3,4)5/h6-7,13,15H,8H2,1-5H3. The van der Waals surface area contributed by atoms with Crippen molar-refractivity contribution in [2.75, 3.05) is 11.1 Å². The van der Waals surface area contributed by atoms with Crippen molar-refractivity contribution in [3.05, 3.63) is 23.3 Å². The van der Waals surface area contributed by atoms with Gasteiger partial charge in [0.05, 0.1) is 16.3 Å². The zero-order valence-electron chi connectivity index (χ0n) is 11.7. The van der Waals surface area contributed by atoms with Gasteiger partial charge in [0.1, 0.15) is 0 Å². The second kappa shape index (κ2) is 3.98. The first-order valence-electron chi connectivity index (χ1n) is 6.22. The van der Waals surface area contributed by atoms with Crippen molar-refractivity contribution in [3.63, 3.8) is 0 Å². The van der Waals surface area contributed by atoms with Gasteiger partial charge in [0, 0.05) is 6.04 Å². The van der Waals surface area contributed by atoms with Crippen LogP contribution in [0, 0.1) is 19.3 Å². The normalized spacial score (nSPS) is 22.2. The van der Waals surface area contributed by atoms with Crippen molar-refractivity contribution >= 4 is 15.5 Å². The Morgan fingerprint density at radius 1 is 1.17 bits per heavy atom. The molecule has 1 aromatic carbocycles. The van der Waals surface area contributed by atoms with E-state index in [-0.39, 0.29) is 17.2 Å². The first kappa shape index (κ1) is 13.4. The number of anilines is 1. The van der Waals surface area contributed by atoms with Gasteiger partial charge in [0.25, 0.3) is 0 Å². The largest absolute Gasteiger partial charge is 0.380 e. The highest BCUT2D eigenvalue weighted by atomic mass is 32.2. The number of benzene rings is 1. The minimum Gasteiger partial charge on any atom is -0.380 e. The van der Waals surface area contributed by atoms with Crippen molar-refractivity contribution < 1.29 is 8.42 Å². The number of rotatable bonds is 0. The Kier molecular flexibility index (Phi) is 2.97. The fraction of sp³-hybridized carbons (Fsp3) is 0.571. The molecule has 4 heteroatoms. The molecule has 0 fully saturated rings. The summed E-state index contributed by atoms with van der Waals surface area (Å²) in [5, 5.41) is 3.38. The maximum atomic E-state index is 12.4. The molecule has 3 nitrogen and oxygen atoms in total. The van der Waals surface area contributed by atoms with Crippen molar-refractivity contribution in [1.29, 1.82) is 0 Å².